The Bertz CT molecular complexity index is 341. The number of nitrogens with zero attached hydrogens (tertiary/aromatic N) is 1. The molecular weight excluding hydrogens is 288 g/mol. The van der Waals surface area contributed by atoms with E-state index >= 15 is 0 Å². The lowest BCUT2D eigenvalue weighted by atomic mass is 10.3. The average Bonchev–Trinajstić information content (AvgIpc) is 2.32. The fraction of sp³-hybridized carbons (Fsp3) is 1.00. The van der Waals surface area contributed by atoms with Gasteiger partial charge in [-0.2, -0.15) is 24.5 Å². The van der Waals surface area contributed by atoms with E-state index in [0.29, 0.717) is 25.4 Å². The molecule has 1 fully saturated rings. The first-order valence-electron chi connectivity index (χ1n) is 6.54. The molecule has 0 aromatic heterocycles. The van der Waals surface area contributed by atoms with Crippen molar-refractivity contribution in [3.63, 3.8) is 0 Å². The third-order valence-electron chi connectivity index (χ3n) is 2.70. The summed E-state index contributed by atoms with van der Waals surface area (Å²) in [5.41, 5.74) is 0. The van der Waals surface area contributed by atoms with Crippen molar-refractivity contribution in [2.24, 2.45) is 0 Å². The van der Waals surface area contributed by atoms with Gasteiger partial charge in [-0.1, -0.05) is 0 Å². The Morgan fingerprint density at radius 3 is 2.53 bits per heavy atom. The zero-order valence-corrected chi connectivity index (χ0v) is 13.2. The van der Waals surface area contributed by atoms with Crippen molar-refractivity contribution in [1.82, 2.24) is 9.03 Å². The van der Waals surface area contributed by atoms with Gasteiger partial charge in [-0.25, -0.2) is 4.72 Å². The molecule has 0 bridgehead atoms. The summed E-state index contributed by atoms with van der Waals surface area (Å²) in [7, 11) is -3.40. The van der Waals surface area contributed by atoms with Crippen LogP contribution in [-0.2, 0) is 14.9 Å². The summed E-state index contributed by atoms with van der Waals surface area (Å²) in [5, 5.41) is 8.63. The largest absolute Gasteiger partial charge is 0.396 e. The molecule has 8 heteroatoms. The molecule has 114 valence electrons. The topological polar surface area (TPSA) is 78.9 Å². The van der Waals surface area contributed by atoms with E-state index in [2.05, 4.69) is 4.72 Å². The van der Waals surface area contributed by atoms with Gasteiger partial charge >= 0.3 is 0 Å². The van der Waals surface area contributed by atoms with Crippen LogP contribution in [-0.4, -0.2) is 67.8 Å². The van der Waals surface area contributed by atoms with Gasteiger partial charge in [-0.15, -0.1) is 0 Å². The molecule has 1 aliphatic rings. The second kappa shape index (κ2) is 8.43. The normalized spacial score (nSPS) is 25.6. The van der Waals surface area contributed by atoms with Crippen LogP contribution < -0.4 is 4.72 Å². The molecule has 0 aromatic carbocycles. The van der Waals surface area contributed by atoms with Crippen LogP contribution in [0.4, 0.5) is 0 Å². The molecule has 6 nitrogen and oxygen atoms in total. The van der Waals surface area contributed by atoms with Gasteiger partial charge in [0.05, 0.1) is 12.2 Å². The Kier molecular flexibility index (Phi) is 7.63. The molecule has 1 heterocycles. The van der Waals surface area contributed by atoms with Gasteiger partial charge in [0.15, 0.2) is 0 Å². The summed E-state index contributed by atoms with van der Waals surface area (Å²) in [6.07, 6.45) is 0.606. The summed E-state index contributed by atoms with van der Waals surface area (Å²) in [6.45, 7) is 5.15. The van der Waals surface area contributed by atoms with Gasteiger partial charge in [0.25, 0.3) is 10.2 Å². The monoisotopic (exact) mass is 312 g/mol. The molecule has 2 unspecified atom stereocenters. The highest BCUT2D eigenvalue weighted by molar-refractivity contribution is 7.99. The molecular formula is C11H24N2O4S2. The molecule has 1 saturated heterocycles. The second-order valence-electron chi connectivity index (χ2n) is 4.66. The van der Waals surface area contributed by atoms with E-state index in [1.807, 2.05) is 13.8 Å². The molecule has 1 rings (SSSR count). The number of nitrogens with one attached hydrogen (secondary N) is 1. The third kappa shape index (κ3) is 6.42. The minimum absolute atomic E-state index is 0.0701. The second-order valence-corrected chi connectivity index (χ2v) is 7.64. The number of aliphatic hydroxyl groups is 1. The van der Waals surface area contributed by atoms with Gasteiger partial charge in [0.1, 0.15) is 0 Å². The molecule has 2 N–H and O–H groups in total. The fourth-order valence-electron chi connectivity index (χ4n) is 1.93. The highest BCUT2D eigenvalue weighted by Crippen LogP contribution is 2.13. The summed E-state index contributed by atoms with van der Waals surface area (Å²) in [6, 6.07) is 0. The van der Waals surface area contributed by atoms with Crippen LogP contribution in [0.1, 0.15) is 20.3 Å². The van der Waals surface area contributed by atoms with E-state index in [1.165, 1.54) is 4.31 Å². The fourth-order valence-corrected chi connectivity index (χ4v) is 4.20. The Hall–Kier alpha value is 0.140. The van der Waals surface area contributed by atoms with E-state index in [1.54, 1.807) is 11.8 Å². The SMILES string of the molecule is CC1CN(S(=O)(=O)NCCSCCCO)CC(C)O1. The lowest BCUT2D eigenvalue weighted by molar-refractivity contribution is -0.0443. The van der Waals surface area contributed by atoms with Crippen LogP contribution in [0.2, 0.25) is 0 Å². The lowest BCUT2D eigenvalue weighted by Gasteiger charge is -2.34. The van der Waals surface area contributed by atoms with Gasteiger partial charge in [0, 0.05) is 32.0 Å². The molecule has 19 heavy (non-hydrogen) atoms. The number of hydrogen-bond donors (Lipinski definition) is 2. The van der Waals surface area contributed by atoms with Crippen molar-refractivity contribution in [1.29, 1.82) is 0 Å². The molecule has 0 aromatic rings. The van der Waals surface area contributed by atoms with E-state index < -0.39 is 10.2 Å². The van der Waals surface area contributed by atoms with E-state index in [0.717, 1.165) is 12.2 Å². The van der Waals surface area contributed by atoms with Crippen molar-refractivity contribution in [2.75, 3.05) is 37.7 Å². The first-order valence-corrected chi connectivity index (χ1v) is 9.14. The molecule has 0 radical (unpaired) electrons. The standard InChI is InChI=1S/C11H24N2O4S2/c1-10-8-13(9-11(2)17-10)19(15,16)12-4-7-18-6-3-5-14/h10-12,14H,3-9H2,1-2H3. The smallest absolute Gasteiger partial charge is 0.279 e. The lowest BCUT2D eigenvalue weighted by Crippen LogP contribution is -2.52. The Labute approximate surface area is 120 Å². The van der Waals surface area contributed by atoms with Gasteiger partial charge in [-0.3, -0.25) is 0 Å². The number of hydrogen-bond acceptors (Lipinski definition) is 5. The molecule has 1 aliphatic heterocycles. The number of thioether (sulfide) groups is 1. The number of aliphatic hydroxyl groups excluding tert-OH is 1. The van der Waals surface area contributed by atoms with Crippen molar-refractivity contribution < 1.29 is 18.3 Å². The molecule has 0 amide bonds. The van der Waals surface area contributed by atoms with Crippen LogP contribution >= 0.6 is 11.8 Å². The summed E-state index contributed by atoms with van der Waals surface area (Å²) < 4.78 is 33.7. The van der Waals surface area contributed by atoms with Crippen molar-refractivity contribution in [3.8, 4) is 0 Å². The van der Waals surface area contributed by atoms with Crippen LogP contribution in [0.3, 0.4) is 0 Å². The minimum atomic E-state index is -3.40. The average molecular weight is 312 g/mol. The highest BCUT2D eigenvalue weighted by atomic mass is 32.2. The zero-order valence-electron chi connectivity index (χ0n) is 11.5. The molecule has 0 saturated carbocycles. The first-order chi connectivity index (χ1) is 8.95. The summed E-state index contributed by atoms with van der Waals surface area (Å²) >= 11 is 1.64. The Morgan fingerprint density at radius 1 is 1.32 bits per heavy atom. The van der Waals surface area contributed by atoms with E-state index in [4.69, 9.17) is 9.84 Å². The van der Waals surface area contributed by atoms with Crippen LogP contribution in [0, 0.1) is 0 Å². The van der Waals surface area contributed by atoms with Crippen LogP contribution in [0.15, 0.2) is 0 Å². The van der Waals surface area contributed by atoms with E-state index in [-0.39, 0.29) is 18.8 Å². The van der Waals surface area contributed by atoms with Crippen LogP contribution in [0.5, 0.6) is 0 Å². The van der Waals surface area contributed by atoms with Gasteiger partial charge in [-0.05, 0) is 26.0 Å². The maximum atomic E-state index is 12.1. The van der Waals surface area contributed by atoms with Gasteiger partial charge in [0.2, 0.25) is 0 Å². The van der Waals surface area contributed by atoms with Crippen molar-refractivity contribution >= 4 is 22.0 Å². The predicted molar refractivity (Wildman–Crippen MR) is 77.5 cm³/mol. The first kappa shape index (κ1) is 17.2. The maximum Gasteiger partial charge on any atom is 0.279 e. The predicted octanol–water partition coefficient (Wildman–Crippen LogP) is 0.0456. The number of ether oxygens (including phenoxy) is 1. The maximum absolute atomic E-state index is 12.1. The third-order valence-corrected chi connectivity index (χ3v) is 5.32. The Morgan fingerprint density at radius 2 is 1.95 bits per heavy atom. The highest BCUT2D eigenvalue weighted by Gasteiger charge is 2.30. The Balaban J connectivity index is 2.30. The quantitative estimate of drug-likeness (QED) is 0.619. The van der Waals surface area contributed by atoms with E-state index in [9.17, 15) is 8.42 Å². The number of morpholine rings is 1. The summed E-state index contributed by atoms with van der Waals surface area (Å²) in [4.78, 5) is 0. The van der Waals surface area contributed by atoms with Gasteiger partial charge < -0.3 is 9.84 Å². The van der Waals surface area contributed by atoms with Crippen molar-refractivity contribution in [3.05, 3.63) is 0 Å². The van der Waals surface area contributed by atoms with Crippen LogP contribution in [0.25, 0.3) is 0 Å². The molecule has 2 atom stereocenters. The molecule has 0 spiro atoms. The summed E-state index contributed by atoms with van der Waals surface area (Å²) in [5.74, 6) is 1.57. The zero-order chi connectivity index (χ0) is 14.3. The number of rotatable bonds is 8. The minimum Gasteiger partial charge on any atom is -0.396 e. The molecule has 0 aliphatic carbocycles. The van der Waals surface area contributed by atoms with Crippen molar-refractivity contribution in [2.45, 2.75) is 32.5 Å².